The number of rotatable bonds is 7. The van der Waals surface area contributed by atoms with Crippen LogP contribution in [0.3, 0.4) is 0 Å². The Bertz CT molecular complexity index is 568. The van der Waals surface area contributed by atoms with Crippen LogP contribution in [-0.2, 0) is 24.5 Å². The molecule has 23 heavy (non-hydrogen) atoms. The van der Waals surface area contributed by atoms with Gasteiger partial charge in [-0.25, -0.2) is 0 Å². The second-order valence-electron chi connectivity index (χ2n) is 4.95. The highest BCUT2D eigenvalue weighted by atomic mass is 16.7. The summed E-state index contributed by atoms with van der Waals surface area (Å²) in [5, 5.41) is 0. The lowest BCUT2D eigenvalue weighted by Crippen LogP contribution is -2.47. The van der Waals surface area contributed by atoms with E-state index in [2.05, 4.69) is 0 Å². The molecule has 2 N–H and O–H groups in total. The molecule has 0 fully saturated rings. The van der Waals surface area contributed by atoms with E-state index in [1.165, 1.54) is 0 Å². The maximum atomic E-state index is 12.6. The van der Waals surface area contributed by atoms with Crippen molar-refractivity contribution in [1.82, 2.24) is 0 Å². The largest absolute Gasteiger partial charge is 0.465 e. The summed E-state index contributed by atoms with van der Waals surface area (Å²) >= 11 is 0. The van der Waals surface area contributed by atoms with Gasteiger partial charge in [0.05, 0.1) is 13.2 Å². The van der Waals surface area contributed by atoms with Crippen LogP contribution >= 0.6 is 0 Å². The SMILES string of the molecule is CCOC(=O)C(CCN)(C(=O)OCC)c1ccc2c(c1)OCO2. The van der Waals surface area contributed by atoms with Crippen LogP contribution in [0, 0.1) is 0 Å². The molecule has 0 radical (unpaired) electrons. The zero-order valence-corrected chi connectivity index (χ0v) is 13.3. The van der Waals surface area contributed by atoms with Gasteiger partial charge in [-0.3, -0.25) is 9.59 Å². The van der Waals surface area contributed by atoms with E-state index in [1.807, 2.05) is 0 Å². The molecule has 7 heteroatoms. The van der Waals surface area contributed by atoms with E-state index in [0.717, 1.165) is 0 Å². The van der Waals surface area contributed by atoms with Crippen molar-refractivity contribution in [2.24, 2.45) is 5.73 Å². The molecular formula is C16H21NO6. The second kappa shape index (κ2) is 7.32. The Labute approximate surface area is 134 Å². The third-order valence-electron chi connectivity index (χ3n) is 3.63. The van der Waals surface area contributed by atoms with Crippen molar-refractivity contribution in [3.8, 4) is 11.5 Å². The number of nitrogens with two attached hydrogens (primary N) is 1. The lowest BCUT2D eigenvalue weighted by Gasteiger charge is -2.29. The Hall–Kier alpha value is -2.28. The number of fused-ring (bicyclic) bond motifs is 1. The van der Waals surface area contributed by atoms with Gasteiger partial charge >= 0.3 is 11.9 Å². The molecule has 126 valence electrons. The quantitative estimate of drug-likeness (QED) is 0.593. The van der Waals surface area contributed by atoms with Crippen molar-refractivity contribution >= 4 is 11.9 Å². The minimum absolute atomic E-state index is 0.0737. The summed E-state index contributed by atoms with van der Waals surface area (Å²) in [6.45, 7) is 3.86. The van der Waals surface area contributed by atoms with Gasteiger partial charge in [0.1, 0.15) is 0 Å². The molecule has 0 saturated heterocycles. The van der Waals surface area contributed by atoms with Gasteiger partial charge in [0.15, 0.2) is 16.9 Å². The molecule has 1 aliphatic rings. The molecule has 2 rings (SSSR count). The van der Waals surface area contributed by atoms with Crippen LogP contribution < -0.4 is 15.2 Å². The summed E-state index contributed by atoms with van der Waals surface area (Å²) in [7, 11) is 0. The van der Waals surface area contributed by atoms with Gasteiger partial charge in [0, 0.05) is 0 Å². The molecule has 1 heterocycles. The van der Waals surface area contributed by atoms with Gasteiger partial charge in [-0.1, -0.05) is 6.07 Å². The lowest BCUT2D eigenvalue weighted by molar-refractivity contribution is -0.165. The van der Waals surface area contributed by atoms with Gasteiger partial charge in [0.25, 0.3) is 0 Å². The fraction of sp³-hybridized carbons (Fsp3) is 0.500. The first-order chi connectivity index (χ1) is 11.1. The second-order valence-corrected chi connectivity index (χ2v) is 4.95. The maximum absolute atomic E-state index is 12.6. The summed E-state index contributed by atoms with van der Waals surface area (Å²) < 4.78 is 20.9. The highest BCUT2D eigenvalue weighted by molar-refractivity contribution is 6.06. The summed E-state index contributed by atoms with van der Waals surface area (Å²) in [5.41, 5.74) is 4.47. The normalized spacial score (nSPS) is 12.8. The number of hydrogen-bond acceptors (Lipinski definition) is 7. The van der Waals surface area contributed by atoms with Gasteiger partial charge in [-0.2, -0.15) is 0 Å². The van der Waals surface area contributed by atoms with Crippen LogP contribution in [0.4, 0.5) is 0 Å². The first-order valence-corrected chi connectivity index (χ1v) is 7.54. The van der Waals surface area contributed by atoms with Gasteiger partial charge < -0.3 is 24.7 Å². The maximum Gasteiger partial charge on any atom is 0.328 e. The molecule has 0 spiro atoms. The van der Waals surface area contributed by atoms with Crippen molar-refractivity contribution < 1.29 is 28.5 Å². The predicted molar refractivity (Wildman–Crippen MR) is 81.2 cm³/mol. The fourth-order valence-electron chi connectivity index (χ4n) is 2.55. The number of carbonyl (C=O) groups excluding carboxylic acids is 2. The standard InChI is InChI=1S/C16H21NO6/c1-3-20-14(18)16(7-8-17,15(19)21-4-2)11-5-6-12-13(9-11)23-10-22-12/h5-6,9H,3-4,7-8,10,17H2,1-2H3. The van der Waals surface area contributed by atoms with E-state index in [-0.39, 0.29) is 33.0 Å². The zero-order chi connectivity index (χ0) is 16.9. The summed E-state index contributed by atoms with van der Waals surface area (Å²) in [5.74, 6) is -0.328. The monoisotopic (exact) mass is 323 g/mol. The molecule has 1 aromatic carbocycles. The molecular weight excluding hydrogens is 302 g/mol. The Morgan fingerprint density at radius 3 is 2.30 bits per heavy atom. The van der Waals surface area contributed by atoms with E-state index in [4.69, 9.17) is 24.7 Å². The third kappa shape index (κ3) is 3.10. The summed E-state index contributed by atoms with van der Waals surface area (Å²) in [4.78, 5) is 25.2. The predicted octanol–water partition coefficient (Wildman–Crippen LogP) is 1.13. The number of hydrogen-bond donors (Lipinski definition) is 1. The average molecular weight is 323 g/mol. The molecule has 0 bridgehead atoms. The molecule has 0 unspecified atom stereocenters. The van der Waals surface area contributed by atoms with Crippen molar-refractivity contribution in [1.29, 1.82) is 0 Å². The Balaban J connectivity index is 2.53. The van der Waals surface area contributed by atoms with Crippen LogP contribution in [-0.4, -0.2) is 38.5 Å². The highest BCUT2D eigenvalue weighted by Gasteiger charge is 2.50. The molecule has 0 saturated carbocycles. The first kappa shape index (κ1) is 17.1. The van der Waals surface area contributed by atoms with E-state index in [0.29, 0.717) is 17.1 Å². The molecule has 0 atom stereocenters. The van der Waals surface area contributed by atoms with Crippen molar-refractivity contribution in [3.63, 3.8) is 0 Å². The smallest absolute Gasteiger partial charge is 0.328 e. The van der Waals surface area contributed by atoms with Crippen molar-refractivity contribution in [3.05, 3.63) is 23.8 Å². The van der Waals surface area contributed by atoms with Crippen molar-refractivity contribution in [2.45, 2.75) is 25.7 Å². The molecule has 0 amide bonds. The molecule has 1 aromatic rings. The Morgan fingerprint density at radius 2 is 1.74 bits per heavy atom. The number of esters is 2. The van der Waals surface area contributed by atoms with E-state index < -0.39 is 17.4 Å². The topological polar surface area (TPSA) is 97.1 Å². The summed E-state index contributed by atoms with van der Waals surface area (Å²) in [6.07, 6.45) is 0.0737. The molecule has 1 aliphatic heterocycles. The van der Waals surface area contributed by atoms with Crippen LogP contribution in [0.2, 0.25) is 0 Å². The highest BCUT2D eigenvalue weighted by Crippen LogP contribution is 2.39. The van der Waals surface area contributed by atoms with Gasteiger partial charge in [-0.05, 0) is 44.5 Å². The van der Waals surface area contributed by atoms with Crippen molar-refractivity contribution in [2.75, 3.05) is 26.6 Å². The third-order valence-corrected chi connectivity index (χ3v) is 3.63. The minimum Gasteiger partial charge on any atom is -0.465 e. The molecule has 7 nitrogen and oxygen atoms in total. The molecule has 0 aromatic heterocycles. The average Bonchev–Trinajstić information content (AvgIpc) is 3.00. The zero-order valence-electron chi connectivity index (χ0n) is 13.3. The van der Waals surface area contributed by atoms with Crippen LogP contribution in [0.25, 0.3) is 0 Å². The lowest BCUT2D eigenvalue weighted by atomic mass is 9.77. The van der Waals surface area contributed by atoms with E-state index >= 15 is 0 Å². The number of ether oxygens (including phenoxy) is 4. The van der Waals surface area contributed by atoms with Gasteiger partial charge in [-0.15, -0.1) is 0 Å². The van der Waals surface area contributed by atoms with Crippen LogP contribution in [0.5, 0.6) is 11.5 Å². The Kier molecular flexibility index (Phi) is 5.44. The molecule has 0 aliphatic carbocycles. The Morgan fingerprint density at radius 1 is 1.13 bits per heavy atom. The summed E-state index contributed by atoms with van der Waals surface area (Å²) in [6, 6.07) is 4.89. The number of carbonyl (C=O) groups is 2. The van der Waals surface area contributed by atoms with E-state index in [1.54, 1.807) is 32.0 Å². The van der Waals surface area contributed by atoms with Gasteiger partial charge in [0.2, 0.25) is 6.79 Å². The fourth-order valence-corrected chi connectivity index (χ4v) is 2.55. The van der Waals surface area contributed by atoms with Crippen LogP contribution in [0.15, 0.2) is 18.2 Å². The van der Waals surface area contributed by atoms with E-state index in [9.17, 15) is 9.59 Å². The minimum atomic E-state index is -1.61. The van der Waals surface area contributed by atoms with Crippen LogP contribution in [0.1, 0.15) is 25.8 Å². The number of benzene rings is 1. The first-order valence-electron chi connectivity index (χ1n) is 7.54.